The van der Waals surface area contributed by atoms with Crippen molar-refractivity contribution in [1.82, 2.24) is 0 Å². The predicted molar refractivity (Wildman–Crippen MR) is 123 cm³/mol. The Hall–Kier alpha value is -3.03. The zero-order valence-electron chi connectivity index (χ0n) is 17.1. The summed E-state index contributed by atoms with van der Waals surface area (Å²) in [6, 6.07) is 20.0. The Morgan fingerprint density at radius 3 is 2.35 bits per heavy atom. The minimum Gasteiger partial charge on any atom is -0.479 e. The molecule has 0 heterocycles. The molecule has 0 saturated carbocycles. The largest absolute Gasteiger partial charge is 0.479 e. The molecule has 1 amide bonds. The molecule has 0 saturated heterocycles. The fourth-order valence-corrected chi connectivity index (χ4v) is 4.11. The Bertz CT molecular complexity index is 1160. The van der Waals surface area contributed by atoms with Crippen LogP contribution >= 0.6 is 11.6 Å². The third-order valence-electron chi connectivity index (χ3n) is 4.47. The quantitative estimate of drug-likeness (QED) is 0.483. The van der Waals surface area contributed by atoms with E-state index in [4.69, 9.17) is 16.3 Å². The number of anilines is 2. The van der Waals surface area contributed by atoms with Crippen LogP contribution < -0.4 is 14.8 Å². The maximum absolute atomic E-state index is 12.6. The van der Waals surface area contributed by atoms with Gasteiger partial charge >= 0.3 is 0 Å². The zero-order valence-corrected chi connectivity index (χ0v) is 18.7. The van der Waals surface area contributed by atoms with Crippen molar-refractivity contribution in [1.29, 1.82) is 0 Å². The zero-order chi connectivity index (χ0) is 22.4. The highest BCUT2D eigenvalue weighted by atomic mass is 35.5. The summed E-state index contributed by atoms with van der Waals surface area (Å²) in [6.07, 6.45) is -0.310. The Kier molecular flexibility index (Phi) is 7.20. The molecule has 162 valence electrons. The van der Waals surface area contributed by atoms with Crippen LogP contribution in [0.1, 0.15) is 18.9 Å². The number of aryl methyl sites for hydroxylation is 1. The highest BCUT2D eigenvalue weighted by molar-refractivity contribution is 7.92. The van der Waals surface area contributed by atoms with E-state index in [1.54, 1.807) is 42.5 Å². The molecule has 3 aromatic rings. The summed E-state index contributed by atoms with van der Waals surface area (Å²) in [4.78, 5) is 12.7. The van der Waals surface area contributed by atoms with Gasteiger partial charge in [0.25, 0.3) is 15.9 Å². The fraction of sp³-hybridized carbons (Fsp3) is 0.174. The first-order valence-corrected chi connectivity index (χ1v) is 11.6. The number of rotatable bonds is 8. The molecule has 0 aromatic heterocycles. The average molecular weight is 459 g/mol. The number of carbonyl (C=O) groups excluding carboxylic acids is 1. The first kappa shape index (κ1) is 22.7. The van der Waals surface area contributed by atoms with Crippen LogP contribution in [0.3, 0.4) is 0 Å². The minimum atomic E-state index is -3.74. The van der Waals surface area contributed by atoms with Gasteiger partial charge in [-0.05, 0) is 67.4 Å². The normalized spacial score (nSPS) is 12.1. The first-order chi connectivity index (χ1) is 14.8. The van der Waals surface area contributed by atoms with Crippen molar-refractivity contribution in [3.63, 3.8) is 0 Å². The number of para-hydroxylation sites is 1. The van der Waals surface area contributed by atoms with Crippen LogP contribution in [-0.4, -0.2) is 20.4 Å². The van der Waals surface area contributed by atoms with E-state index in [0.29, 0.717) is 28.6 Å². The van der Waals surface area contributed by atoms with E-state index in [1.165, 1.54) is 24.3 Å². The van der Waals surface area contributed by atoms with Crippen LogP contribution in [0.5, 0.6) is 5.75 Å². The van der Waals surface area contributed by atoms with Crippen molar-refractivity contribution in [3.05, 3.63) is 83.4 Å². The Balaban J connectivity index is 1.67. The van der Waals surface area contributed by atoms with Crippen molar-refractivity contribution in [3.8, 4) is 5.75 Å². The van der Waals surface area contributed by atoms with E-state index in [0.717, 1.165) is 5.56 Å². The van der Waals surface area contributed by atoms with Gasteiger partial charge in [-0.1, -0.05) is 42.8 Å². The van der Waals surface area contributed by atoms with Gasteiger partial charge in [-0.3, -0.25) is 9.52 Å². The van der Waals surface area contributed by atoms with Crippen LogP contribution in [-0.2, 0) is 14.8 Å². The number of ether oxygens (including phenoxy) is 1. The minimum absolute atomic E-state index is 0.0892. The van der Waals surface area contributed by atoms with Crippen molar-refractivity contribution >= 4 is 38.9 Å². The molecule has 1 atom stereocenters. The highest BCUT2D eigenvalue weighted by Crippen LogP contribution is 2.25. The van der Waals surface area contributed by atoms with E-state index >= 15 is 0 Å². The topological polar surface area (TPSA) is 84.5 Å². The van der Waals surface area contributed by atoms with Gasteiger partial charge in [0.05, 0.1) is 9.92 Å². The Morgan fingerprint density at radius 1 is 1.00 bits per heavy atom. The lowest BCUT2D eigenvalue weighted by Gasteiger charge is -2.18. The fourth-order valence-electron chi connectivity index (χ4n) is 2.88. The maximum atomic E-state index is 12.6. The number of halogens is 1. The molecule has 0 fully saturated rings. The third kappa shape index (κ3) is 5.99. The predicted octanol–water partition coefficient (Wildman–Crippen LogP) is 5.25. The lowest BCUT2D eigenvalue weighted by molar-refractivity contribution is -0.122. The van der Waals surface area contributed by atoms with E-state index in [2.05, 4.69) is 10.0 Å². The van der Waals surface area contributed by atoms with Crippen LogP contribution in [0.15, 0.2) is 77.7 Å². The summed E-state index contributed by atoms with van der Waals surface area (Å²) in [6.45, 7) is 3.71. The van der Waals surface area contributed by atoms with Gasteiger partial charge < -0.3 is 10.1 Å². The number of nitrogens with one attached hydrogen (secondary N) is 2. The molecule has 0 aliphatic rings. The van der Waals surface area contributed by atoms with E-state index < -0.39 is 16.1 Å². The molecular weight excluding hydrogens is 436 g/mol. The summed E-state index contributed by atoms with van der Waals surface area (Å²) < 4.78 is 33.5. The van der Waals surface area contributed by atoms with Crippen LogP contribution in [0.2, 0.25) is 5.02 Å². The molecular formula is C23H23ClN2O4S. The lowest BCUT2D eigenvalue weighted by Crippen LogP contribution is -2.32. The average Bonchev–Trinajstić information content (AvgIpc) is 2.73. The molecule has 0 unspecified atom stereocenters. The number of sulfonamides is 1. The molecule has 31 heavy (non-hydrogen) atoms. The van der Waals surface area contributed by atoms with Gasteiger partial charge in [0.2, 0.25) is 0 Å². The SMILES string of the molecule is CC[C@@H](Oc1ccccc1Cl)C(=O)Nc1ccc(S(=O)(=O)Nc2cccc(C)c2)cc1. The standard InChI is InChI=1S/C23H23ClN2O4S/c1-3-21(30-22-10-5-4-9-20(22)24)23(27)25-17-11-13-19(14-12-17)31(28,29)26-18-8-6-7-16(2)15-18/h4-15,21,26H,3H2,1-2H3,(H,25,27)/t21-/m1/s1. The summed E-state index contributed by atoms with van der Waals surface area (Å²) in [5.74, 6) is 0.0748. The van der Waals surface area contributed by atoms with Crippen molar-refractivity contribution < 1.29 is 17.9 Å². The summed E-state index contributed by atoms with van der Waals surface area (Å²) in [5.41, 5.74) is 1.89. The summed E-state index contributed by atoms with van der Waals surface area (Å²) in [5, 5.41) is 3.17. The van der Waals surface area contributed by atoms with Crippen LogP contribution in [0.4, 0.5) is 11.4 Å². The van der Waals surface area contributed by atoms with Crippen molar-refractivity contribution in [2.24, 2.45) is 0 Å². The molecule has 0 aliphatic carbocycles. The Morgan fingerprint density at radius 2 is 1.71 bits per heavy atom. The van der Waals surface area contributed by atoms with Crippen LogP contribution in [0.25, 0.3) is 0 Å². The van der Waals surface area contributed by atoms with Gasteiger partial charge in [-0.25, -0.2) is 8.42 Å². The molecule has 0 spiro atoms. The summed E-state index contributed by atoms with van der Waals surface area (Å²) >= 11 is 6.10. The van der Waals surface area contributed by atoms with Crippen LogP contribution in [0, 0.1) is 6.92 Å². The molecule has 3 rings (SSSR count). The van der Waals surface area contributed by atoms with E-state index in [1.807, 2.05) is 19.9 Å². The number of benzene rings is 3. The maximum Gasteiger partial charge on any atom is 0.265 e. The van der Waals surface area contributed by atoms with E-state index in [-0.39, 0.29) is 10.8 Å². The molecule has 8 heteroatoms. The molecule has 2 N–H and O–H groups in total. The van der Waals surface area contributed by atoms with Gasteiger partial charge in [0.1, 0.15) is 5.75 Å². The number of hydrogen-bond acceptors (Lipinski definition) is 4. The van der Waals surface area contributed by atoms with Gasteiger partial charge in [-0.15, -0.1) is 0 Å². The van der Waals surface area contributed by atoms with Crippen molar-refractivity contribution in [2.45, 2.75) is 31.3 Å². The second-order valence-electron chi connectivity index (χ2n) is 6.93. The second kappa shape index (κ2) is 9.85. The van der Waals surface area contributed by atoms with Crippen molar-refractivity contribution in [2.75, 3.05) is 10.0 Å². The van der Waals surface area contributed by atoms with Gasteiger partial charge in [-0.2, -0.15) is 0 Å². The second-order valence-corrected chi connectivity index (χ2v) is 9.02. The van der Waals surface area contributed by atoms with Gasteiger partial charge in [0.15, 0.2) is 6.10 Å². The molecule has 6 nitrogen and oxygen atoms in total. The summed E-state index contributed by atoms with van der Waals surface area (Å²) in [7, 11) is -3.74. The first-order valence-electron chi connectivity index (χ1n) is 9.70. The monoisotopic (exact) mass is 458 g/mol. The van der Waals surface area contributed by atoms with E-state index in [9.17, 15) is 13.2 Å². The Labute approximate surface area is 187 Å². The smallest absolute Gasteiger partial charge is 0.265 e. The molecule has 0 bridgehead atoms. The third-order valence-corrected chi connectivity index (χ3v) is 6.18. The lowest BCUT2D eigenvalue weighted by atomic mass is 10.2. The number of amides is 1. The molecule has 0 radical (unpaired) electrons. The molecule has 3 aromatic carbocycles. The number of carbonyl (C=O) groups is 1. The number of hydrogen-bond donors (Lipinski definition) is 2. The molecule has 0 aliphatic heterocycles. The van der Waals surface area contributed by atoms with Gasteiger partial charge in [0, 0.05) is 11.4 Å². The highest BCUT2D eigenvalue weighted by Gasteiger charge is 2.20.